The third-order valence-electron chi connectivity index (χ3n) is 3.69. The first kappa shape index (κ1) is 12.3. The fourth-order valence-corrected chi connectivity index (χ4v) is 2.86. The monoisotopic (exact) mass is 267 g/mol. The molecular formula is C13H15F2N3O. The van der Waals surface area contributed by atoms with Gasteiger partial charge in [0.05, 0.1) is 18.3 Å². The van der Waals surface area contributed by atoms with Gasteiger partial charge in [-0.1, -0.05) is 0 Å². The lowest BCUT2D eigenvalue weighted by Crippen LogP contribution is -2.61. The number of anilines is 2. The second-order valence-electron chi connectivity index (χ2n) is 4.84. The van der Waals surface area contributed by atoms with Gasteiger partial charge in [0.1, 0.15) is 11.5 Å². The van der Waals surface area contributed by atoms with Crippen LogP contribution in [-0.4, -0.2) is 38.1 Å². The number of carbonyl (C=O) groups excluding carboxylic acids is 1. The lowest BCUT2D eigenvalue weighted by molar-refractivity contribution is -0.119. The second-order valence-corrected chi connectivity index (χ2v) is 4.84. The van der Waals surface area contributed by atoms with Gasteiger partial charge in [0.2, 0.25) is 5.91 Å². The first-order valence-electron chi connectivity index (χ1n) is 6.38. The quantitative estimate of drug-likeness (QED) is 0.828. The summed E-state index contributed by atoms with van der Waals surface area (Å²) in [4.78, 5) is 15.4. The third kappa shape index (κ3) is 1.87. The standard InChI is InChI=1S/C13H15F2N3O/c1-2-17-7-9-5-16-6-12(19)18(9)13-10(15)3-8(14)4-11(13)17/h3-4,9,16H,2,5-7H2,1H3. The Kier molecular flexibility index (Phi) is 2.89. The minimum Gasteiger partial charge on any atom is -0.368 e. The fraction of sp³-hybridized carbons (Fsp3) is 0.462. The predicted octanol–water partition coefficient (Wildman–Crippen LogP) is 1.11. The van der Waals surface area contributed by atoms with Gasteiger partial charge in [0.15, 0.2) is 5.82 Å². The van der Waals surface area contributed by atoms with Crippen molar-refractivity contribution in [2.24, 2.45) is 0 Å². The Morgan fingerprint density at radius 2 is 2.21 bits per heavy atom. The van der Waals surface area contributed by atoms with E-state index in [0.717, 1.165) is 6.07 Å². The van der Waals surface area contributed by atoms with E-state index in [1.54, 1.807) is 0 Å². The molecule has 19 heavy (non-hydrogen) atoms. The van der Waals surface area contributed by atoms with Crippen LogP contribution in [0.25, 0.3) is 0 Å². The summed E-state index contributed by atoms with van der Waals surface area (Å²) in [6.45, 7) is 3.98. The third-order valence-corrected chi connectivity index (χ3v) is 3.69. The Morgan fingerprint density at radius 1 is 1.42 bits per heavy atom. The predicted molar refractivity (Wildman–Crippen MR) is 68.4 cm³/mol. The minimum atomic E-state index is -0.673. The number of likely N-dealkylation sites (N-methyl/N-ethyl adjacent to an activating group) is 1. The smallest absolute Gasteiger partial charge is 0.241 e. The highest BCUT2D eigenvalue weighted by molar-refractivity contribution is 6.00. The van der Waals surface area contributed by atoms with E-state index in [1.165, 1.54) is 11.0 Å². The molecule has 1 aromatic rings. The molecule has 0 spiro atoms. The Hall–Kier alpha value is -1.69. The molecular weight excluding hydrogens is 252 g/mol. The number of halogens is 2. The van der Waals surface area contributed by atoms with Crippen LogP contribution in [0.4, 0.5) is 20.2 Å². The SMILES string of the molecule is CCN1CC2CNCC(=O)N2c2c(F)cc(F)cc21. The lowest BCUT2D eigenvalue weighted by atomic mass is 10.0. The van der Waals surface area contributed by atoms with Crippen LogP contribution in [0.1, 0.15) is 6.92 Å². The summed E-state index contributed by atoms with van der Waals surface area (Å²) < 4.78 is 27.5. The largest absolute Gasteiger partial charge is 0.368 e. The van der Waals surface area contributed by atoms with E-state index in [2.05, 4.69) is 5.32 Å². The second kappa shape index (κ2) is 4.45. The van der Waals surface area contributed by atoms with Crippen molar-refractivity contribution in [1.82, 2.24) is 5.32 Å². The van der Waals surface area contributed by atoms with E-state index in [1.807, 2.05) is 11.8 Å². The van der Waals surface area contributed by atoms with Crippen molar-refractivity contribution >= 4 is 17.3 Å². The lowest BCUT2D eigenvalue weighted by Gasteiger charge is -2.45. The number of piperazine rings is 1. The molecule has 2 aliphatic heterocycles. The van der Waals surface area contributed by atoms with E-state index in [9.17, 15) is 13.6 Å². The normalized spacial score (nSPS) is 22.3. The highest BCUT2D eigenvalue weighted by Crippen LogP contribution is 2.38. The molecule has 0 radical (unpaired) electrons. The molecule has 2 heterocycles. The maximum atomic E-state index is 14.1. The Balaban J connectivity index is 2.17. The molecule has 6 heteroatoms. The van der Waals surface area contributed by atoms with Gasteiger partial charge in [0, 0.05) is 25.7 Å². The molecule has 0 saturated carbocycles. The molecule has 1 unspecified atom stereocenters. The van der Waals surface area contributed by atoms with Gasteiger partial charge in [-0.05, 0) is 13.0 Å². The summed E-state index contributed by atoms with van der Waals surface area (Å²) in [6.07, 6.45) is 0. The Bertz CT molecular complexity index is 535. The molecule has 0 aromatic heterocycles. The molecule has 4 nitrogen and oxygen atoms in total. The number of amides is 1. The van der Waals surface area contributed by atoms with Crippen LogP contribution in [0.15, 0.2) is 12.1 Å². The van der Waals surface area contributed by atoms with Crippen molar-refractivity contribution in [3.8, 4) is 0 Å². The van der Waals surface area contributed by atoms with Crippen LogP contribution in [-0.2, 0) is 4.79 Å². The van der Waals surface area contributed by atoms with Gasteiger partial charge in [-0.2, -0.15) is 0 Å². The average molecular weight is 267 g/mol. The number of rotatable bonds is 1. The van der Waals surface area contributed by atoms with Gasteiger partial charge in [0.25, 0.3) is 0 Å². The number of hydrogen-bond donors (Lipinski definition) is 1. The van der Waals surface area contributed by atoms with Crippen molar-refractivity contribution in [2.45, 2.75) is 13.0 Å². The van der Waals surface area contributed by atoms with Crippen molar-refractivity contribution < 1.29 is 13.6 Å². The average Bonchev–Trinajstić information content (AvgIpc) is 2.37. The molecule has 1 N–H and O–H groups in total. The summed E-state index contributed by atoms with van der Waals surface area (Å²) in [5.41, 5.74) is 0.678. The number of benzene rings is 1. The summed E-state index contributed by atoms with van der Waals surface area (Å²) >= 11 is 0. The molecule has 1 atom stereocenters. The minimum absolute atomic E-state index is 0.103. The first-order valence-corrected chi connectivity index (χ1v) is 6.38. The van der Waals surface area contributed by atoms with E-state index >= 15 is 0 Å². The molecule has 1 fully saturated rings. The first-order chi connectivity index (χ1) is 9.11. The Morgan fingerprint density at radius 3 is 2.95 bits per heavy atom. The van der Waals surface area contributed by atoms with Crippen LogP contribution in [0.5, 0.6) is 0 Å². The van der Waals surface area contributed by atoms with Gasteiger partial charge in [-0.15, -0.1) is 0 Å². The van der Waals surface area contributed by atoms with E-state index < -0.39 is 11.6 Å². The summed E-state index contributed by atoms with van der Waals surface area (Å²) in [5, 5.41) is 3.03. The van der Waals surface area contributed by atoms with Crippen LogP contribution >= 0.6 is 0 Å². The van der Waals surface area contributed by atoms with Gasteiger partial charge < -0.3 is 15.1 Å². The van der Waals surface area contributed by atoms with Gasteiger partial charge in [-0.3, -0.25) is 4.79 Å². The van der Waals surface area contributed by atoms with E-state index in [4.69, 9.17) is 0 Å². The molecule has 0 aliphatic carbocycles. The van der Waals surface area contributed by atoms with Crippen LogP contribution in [0, 0.1) is 11.6 Å². The fourth-order valence-electron chi connectivity index (χ4n) is 2.86. The Labute approximate surface area is 110 Å². The molecule has 1 amide bonds. The van der Waals surface area contributed by atoms with Crippen LogP contribution in [0.3, 0.4) is 0 Å². The zero-order valence-electron chi connectivity index (χ0n) is 10.6. The highest BCUT2D eigenvalue weighted by Gasteiger charge is 2.38. The van der Waals surface area contributed by atoms with E-state index in [0.29, 0.717) is 25.3 Å². The number of nitrogens with one attached hydrogen (secondary N) is 1. The van der Waals surface area contributed by atoms with Crippen molar-refractivity contribution in [1.29, 1.82) is 0 Å². The van der Waals surface area contributed by atoms with Crippen LogP contribution < -0.4 is 15.1 Å². The molecule has 1 saturated heterocycles. The molecule has 1 aromatic carbocycles. The number of fused-ring (bicyclic) bond motifs is 3. The van der Waals surface area contributed by atoms with Crippen molar-refractivity contribution in [3.05, 3.63) is 23.8 Å². The molecule has 0 bridgehead atoms. The summed E-state index contributed by atoms with van der Waals surface area (Å²) in [5.74, 6) is -1.46. The summed E-state index contributed by atoms with van der Waals surface area (Å²) in [7, 11) is 0. The maximum absolute atomic E-state index is 14.1. The summed E-state index contributed by atoms with van der Waals surface area (Å²) in [6, 6.07) is 2.03. The number of carbonyl (C=O) groups is 1. The zero-order chi connectivity index (χ0) is 13.6. The molecule has 2 aliphatic rings. The highest BCUT2D eigenvalue weighted by atomic mass is 19.1. The van der Waals surface area contributed by atoms with Gasteiger partial charge in [-0.25, -0.2) is 8.78 Å². The molecule has 3 rings (SSSR count). The number of nitrogens with zero attached hydrogens (tertiary/aromatic N) is 2. The maximum Gasteiger partial charge on any atom is 0.241 e. The van der Waals surface area contributed by atoms with Gasteiger partial charge >= 0.3 is 0 Å². The zero-order valence-corrected chi connectivity index (χ0v) is 10.6. The van der Waals surface area contributed by atoms with E-state index in [-0.39, 0.29) is 24.2 Å². The van der Waals surface area contributed by atoms with Crippen molar-refractivity contribution in [2.75, 3.05) is 36.0 Å². The molecule has 102 valence electrons. The number of hydrogen-bond acceptors (Lipinski definition) is 3. The van der Waals surface area contributed by atoms with Crippen LogP contribution in [0.2, 0.25) is 0 Å². The van der Waals surface area contributed by atoms with Crippen molar-refractivity contribution in [3.63, 3.8) is 0 Å². The topological polar surface area (TPSA) is 35.6 Å².